The highest BCUT2D eigenvalue weighted by molar-refractivity contribution is 5.88. The molecule has 0 saturated carbocycles. The second-order valence-electron chi connectivity index (χ2n) is 3.93. The van der Waals surface area contributed by atoms with Gasteiger partial charge >= 0.3 is 0 Å². The molecule has 0 amide bonds. The molecule has 0 radical (unpaired) electrons. The Kier molecular flexibility index (Phi) is 3.15. The van der Waals surface area contributed by atoms with E-state index in [1.807, 2.05) is 55.5 Å². The minimum Gasteiger partial charge on any atom is -0.507 e. The SMILES string of the molecule is CC(=C(O)c1ccccc1N)c1ccccc1. The van der Waals surface area contributed by atoms with Crippen LogP contribution < -0.4 is 5.73 Å². The van der Waals surface area contributed by atoms with Gasteiger partial charge in [0.25, 0.3) is 0 Å². The fraction of sp³-hybridized carbons (Fsp3) is 0.0667. The van der Waals surface area contributed by atoms with E-state index in [1.165, 1.54) is 0 Å². The monoisotopic (exact) mass is 225 g/mol. The Morgan fingerprint density at radius 1 is 0.941 bits per heavy atom. The molecule has 0 unspecified atom stereocenters. The van der Waals surface area contributed by atoms with Gasteiger partial charge in [-0.1, -0.05) is 42.5 Å². The lowest BCUT2D eigenvalue weighted by Crippen LogP contribution is -1.95. The second kappa shape index (κ2) is 4.74. The van der Waals surface area contributed by atoms with Gasteiger partial charge in [-0.2, -0.15) is 0 Å². The summed E-state index contributed by atoms with van der Waals surface area (Å²) in [6, 6.07) is 17.1. The molecule has 3 N–H and O–H groups in total. The minimum atomic E-state index is 0.231. The first-order valence-electron chi connectivity index (χ1n) is 5.50. The molecule has 0 heterocycles. The molecule has 2 rings (SSSR count). The van der Waals surface area contributed by atoms with Crippen molar-refractivity contribution < 1.29 is 5.11 Å². The van der Waals surface area contributed by atoms with Crippen LogP contribution in [0.3, 0.4) is 0 Å². The molecule has 17 heavy (non-hydrogen) atoms. The van der Waals surface area contributed by atoms with Crippen LogP contribution in [0.1, 0.15) is 18.1 Å². The fourth-order valence-electron chi connectivity index (χ4n) is 1.74. The molecule has 0 spiro atoms. The minimum absolute atomic E-state index is 0.231. The molecule has 0 aliphatic carbocycles. The summed E-state index contributed by atoms with van der Waals surface area (Å²) in [4.78, 5) is 0. The molecular formula is C15H15NO. The number of rotatable bonds is 2. The predicted octanol–water partition coefficient (Wildman–Crippen LogP) is 3.72. The van der Waals surface area contributed by atoms with E-state index in [1.54, 1.807) is 6.07 Å². The maximum absolute atomic E-state index is 10.2. The third-order valence-corrected chi connectivity index (χ3v) is 2.78. The van der Waals surface area contributed by atoms with Gasteiger partial charge in [-0.25, -0.2) is 0 Å². The summed E-state index contributed by atoms with van der Waals surface area (Å²) < 4.78 is 0. The van der Waals surface area contributed by atoms with Crippen molar-refractivity contribution in [3.63, 3.8) is 0 Å². The Morgan fingerprint density at radius 2 is 1.53 bits per heavy atom. The number of anilines is 1. The van der Waals surface area contributed by atoms with Gasteiger partial charge in [0.1, 0.15) is 5.76 Å². The normalized spacial score (nSPS) is 12.1. The Hall–Kier alpha value is -2.22. The van der Waals surface area contributed by atoms with Gasteiger partial charge in [-0.05, 0) is 30.2 Å². The molecule has 0 saturated heterocycles. The molecule has 2 aromatic rings. The van der Waals surface area contributed by atoms with E-state index in [4.69, 9.17) is 5.73 Å². The predicted molar refractivity (Wildman–Crippen MR) is 72.4 cm³/mol. The first-order valence-corrected chi connectivity index (χ1v) is 5.50. The van der Waals surface area contributed by atoms with E-state index in [2.05, 4.69) is 0 Å². The van der Waals surface area contributed by atoms with Crippen molar-refractivity contribution in [1.82, 2.24) is 0 Å². The molecular weight excluding hydrogens is 210 g/mol. The van der Waals surface area contributed by atoms with Crippen LogP contribution in [0.4, 0.5) is 5.69 Å². The zero-order valence-corrected chi connectivity index (χ0v) is 9.72. The summed E-state index contributed by atoms with van der Waals surface area (Å²) in [5, 5.41) is 10.2. The first-order chi connectivity index (χ1) is 8.20. The maximum atomic E-state index is 10.2. The molecule has 2 nitrogen and oxygen atoms in total. The number of allylic oxidation sites excluding steroid dienone is 1. The van der Waals surface area contributed by atoms with E-state index >= 15 is 0 Å². The van der Waals surface area contributed by atoms with Gasteiger partial charge in [-0.3, -0.25) is 0 Å². The zero-order chi connectivity index (χ0) is 12.3. The number of para-hydroxylation sites is 1. The van der Waals surface area contributed by atoms with Crippen LogP contribution in [0.25, 0.3) is 11.3 Å². The van der Waals surface area contributed by atoms with Gasteiger partial charge in [0.2, 0.25) is 0 Å². The zero-order valence-electron chi connectivity index (χ0n) is 9.72. The Morgan fingerprint density at radius 3 is 2.18 bits per heavy atom. The molecule has 2 heteroatoms. The van der Waals surface area contributed by atoms with Gasteiger partial charge in [-0.15, -0.1) is 0 Å². The highest BCUT2D eigenvalue weighted by Crippen LogP contribution is 2.26. The van der Waals surface area contributed by atoms with Crippen LogP contribution in [-0.2, 0) is 0 Å². The number of nitrogens with two attached hydrogens (primary N) is 1. The Labute approximate surface area is 101 Å². The average Bonchev–Trinajstić information content (AvgIpc) is 2.39. The molecule has 86 valence electrons. The number of nitrogen functional groups attached to an aromatic ring is 1. The number of hydrogen-bond acceptors (Lipinski definition) is 2. The van der Waals surface area contributed by atoms with E-state index < -0.39 is 0 Å². The molecule has 0 atom stereocenters. The third kappa shape index (κ3) is 2.31. The van der Waals surface area contributed by atoms with E-state index in [-0.39, 0.29) is 5.76 Å². The summed E-state index contributed by atoms with van der Waals surface area (Å²) >= 11 is 0. The molecule has 0 bridgehead atoms. The van der Waals surface area contributed by atoms with Gasteiger partial charge in [0.15, 0.2) is 0 Å². The Bertz CT molecular complexity index is 544. The van der Waals surface area contributed by atoms with Crippen molar-refractivity contribution in [2.45, 2.75) is 6.92 Å². The quantitative estimate of drug-likeness (QED) is 0.465. The number of benzene rings is 2. The van der Waals surface area contributed by atoms with Crippen molar-refractivity contribution in [2.75, 3.05) is 5.73 Å². The van der Waals surface area contributed by atoms with Crippen molar-refractivity contribution in [2.24, 2.45) is 0 Å². The van der Waals surface area contributed by atoms with Crippen LogP contribution >= 0.6 is 0 Å². The van der Waals surface area contributed by atoms with Crippen molar-refractivity contribution in [3.8, 4) is 0 Å². The number of aliphatic hydroxyl groups is 1. The summed E-state index contributed by atoms with van der Waals surface area (Å²) in [6.07, 6.45) is 0. The summed E-state index contributed by atoms with van der Waals surface area (Å²) in [6.45, 7) is 1.89. The largest absolute Gasteiger partial charge is 0.507 e. The fourth-order valence-corrected chi connectivity index (χ4v) is 1.74. The average molecular weight is 225 g/mol. The van der Waals surface area contributed by atoms with E-state index in [9.17, 15) is 5.11 Å². The lowest BCUT2D eigenvalue weighted by Gasteiger charge is -2.09. The number of aliphatic hydroxyl groups excluding tert-OH is 1. The lowest BCUT2D eigenvalue weighted by molar-refractivity contribution is 0.513. The van der Waals surface area contributed by atoms with E-state index in [0.717, 1.165) is 11.1 Å². The maximum Gasteiger partial charge on any atom is 0.128 e. The van der Waals surface area contributed by atoms with E-state index in [0.29, 0.717) is 11.3 Å². The second-order valence-corrected chi connectivity index (χ2v) is 3.93. The molecule has 0 aliphatic heterocycles. The van der Waals surface area contributed by atoms with Crippen molar-refractivity contribution >= 4 is 17.0 Å². The van der Waals surface area contributed by atoms with Crippen LogP contribution in [0.15, 0.2) is 54.6 Å². The lowest BCUT2D eigenvalue weighted by atomic mass is 10.0. The van der Waals surface area contributed by atoms with Crippen LogP contribution in [0, 0.1) is 0 Å². The summed E-state index contributed by atoms with van der Waals surface area (Å²) in [7, 11) is 0. The molecule has 0 fully saturated rings. The van der Waals surface area contributed by atoms with Crippen molar-refractivity contribution in [1.29, 1.82) is 0 Å². The van der Waals surface area contributed by atoms with Crippen LogP contribution in [-0.4, -0.2) is 5.11 Å². The van der Waals surface area contributed by atoms with Crippen LogP contribution in [0.2, 0.25) is 0 Å². The Balaban J connectivity index is 2.50. The molecule has 0 aliphatic rings. The molecule has 2 aromatic carbocycles. The van der Waals surface area contributed by atoms with Gasteiger partial charge < -0.3 is 10.8 Å². The summed E-state index contributed by atoms with van der Waals surface area (Å²) in [5.41, 5.74) is 8.92. The first kappa shape index (κ1) is 11.3. The van der Waals surface area contributed by atoms with Gasteiger partial charge in [0, 0.05) is 11.3 Å². The topological polar surface area (TPSA) is 46.2 Å². The smallest absolute Gasteiger partial charge is 0.128 e. The highest BCUT2D eigenvalue weighted by Gasteiger charge is 2.08. The summed E-state index contributed by atoms with van der Waals surface area (Å²) in [5.74, 6) is 0.231. The highest BCUT2D eigenvalue weighted by atomic mass is 16.3. The standard InChI is InChI=1S/C15H15NO/c1-11(12-7-3-2-4-8-12)15(17)13-9-5-6-10-14(13)16/h2-10,17H,16H2,1H3. The van der Waals surface area contributed by atoms with Crippen LogP contribution in [0.5, 0.6) is 0 Å². The number of hydrogen-bond donors (Lipinski definition) is 2. The molecule has 0 aromatic heterocycles. The van der Waals surface area contributed by atoms with Crippen molar-refractivity contribution in [3.05, 3.63) is 65.7 Å². The third-order valence-electron chi connectivity index (χ3n) is 2.78. The van der Waals surface area contributed by atoms with Gasteiger partial charge in [0.05, 0.1) is 0 Å².